The van der Waals surface area contributed by atoms with Crippen LogP contribution in [-0.4, -0.2) is 27.9 Å². The van der Waals surface area contributed by atoms with Gasteiger partial charge in [-0.15, -0.1) is 0 Å². The SMILES string of the molecule is Cc1cc(NC(=O)C(=O)O)cc(C)c1Oc1ccc(O)cc1C(=O)c1ccccc1. The Labute approximate surface area is 172 Å². The van der Waals surface area contributed by atoms with Crippen LogP contribution in [0.2, 0.25) is 0 Å². The summed E-state index contributed by atoms with van der Waals surface area (Å²) in [5, 5.41) is 20.9. The third kappa shape index (κ3) is 4.47. The second kappa shape index (κ2) is 8.48. The van der Waals surface area contributed by atoms with E-state index in [0.717, 1.165) is 0 Å². The van der Waals surface area contributed by atoms with Crippen molar-refractivity contribution in [1.82, 2.24) is 0 Å². The summed E-state index contributed by atoms with van der Waals surface area (Å²) in [6.07, 6.45) is 0. The number of aryl methyl sites for hydroxylation is 2. The maximum atomic E-state index is 12.9. The summed E-state index contributed by atoms with van der Waals surface area (Å²) < 4.78 is 6.02. The standard InChI is InChI=1S/C23H19NO6/c1-13-10-16(24-22(27)23(28)29)11-14(2)21(13)30-19-9-8-17(25)12-18(19)20(26)15-6-4-3-5-7-15/h3-12,25H,1-2H3,(H,24,27)(H,28,29). The number of aromatic hydroxyl groups is 1. The predicted molar refractivity (Wildman–Crippen MR) is 110 cm³/mol. The fraction of sp³-hybridized carbons (Fsp3) is 0.0870. The minimum absolute atomic E-state index is 0.0678. The number of carbonyl (C=O) groups is 3. The summed E-state index contributed by atoms with van der Waals surface area (Å²) in [4.78, 5) is 35.1. The summed E-state index contributed by atoms with van der Waals surface area (Å²) in [5.41, 5.74) is 2.22. The highest BCUT2D eigenvalue weighted by molar-refractivity contribution is 6.36. The van der Waals surface area contributed by atoms with Crippen LogP contribution in [0.1, 0.15) is 27.0 Å². The Morgan fingerprint density at radius 3 is 2.13 bits per heavy atom. The number of rotatable bonds is 5. The van der Waals surface area contributed by atoms with Crippen LogP contribution in [0, 0.1) is 13.8 Å². The number of benzene rings is 3. The van der Waals surface area contributed by atoms with Gasteiger partial charge >= 0.3 is 11.9 Å². The van der Waals surface area contributed by atoms with Gasteiger partial charge in [0, 0.05) is 11.3 Å². The number of ether oxygens (including phenoxy) is 1. The molecule has 3 aromatic rings. The molecule has 152 valence electrons. The highest BCUT2D eigenvalue weighted by Crippen LogP contribution is 2.35. The molecule has 0 aliphatic carbocycles. The minimum atomic E-state index is -1.58. The molecule has 0 aromatic heterocycles. The highest BCUT2D eigenvalue weighted by atomic mass is 16.5. The van der Waals surface area contributed by atoms with E-state index in [9.17, 15) is 19.5 Å². The van der Waals surface area contributed by atoms with Gasteiger partial charge < -0.3 is 20.3 Å². The lowest BCUT2D eigenvalue weighted by Gasteiger charge is -2.16. The number of nitrogens with one attached hydrogen (secondary N) is 1. The normalized spacial score (nSPS) is 10.3. The summed E-state index contributed by atoms with van der Waals surface area (Å²) in [6, 6.07) is 16.0. The molecule has 30 heavy (non-hydrogen) atoms. The van der Waals surface area contributed by atoms with Crippen LogP contribution in [0.3, 0.4) is 0 Å². The van der Waals surface area contributed by atoms with E-state index in [-0.39, 0.29) is 22.8 Å². The van der Waals surface area contributed by atoms with Gasteiger partial charge in [0.05, 0.1) is 5.56 Å². The third-order valence-corrected chi connectivity index (χ3v) is 4.37. The summed E-state index contributed by atoms with van der Waals surface area (Å²) >= 11 is 0. The lowest BCUT2D eigenvalue weighted by molar-refractivity contribution is -0.147. The molecule has 7 heteroatoms. The molecule has 3 N–H and O–H groups in total. The number of carboxylic acids is 1. The number of phenols is 1. The Morgan fingerprint density at radius 2 is 1.53 bits per heavy atom. The lowest BCUT2D eigenvalue weighted by atomic mass is 10.0. The molecule has 0 radical (unpaired) electrons. The fourth-order valence-corrected chi connectivity index (χ4v) is 3.01. The fourth-order valence-electron chi connectivity index (χ4n) is 3.01. The number of aliphatic carboxylic acids is 1. The van der Waals surface area contributed by atoms with Gasteiger partial charge in [-0.1, -0.05) is 30.3 Å². The molecule has 0 aliphatic heterocycles. The van der Waals surface area contributed by atoms with Gasteiger partial charge in [0.2, 0.25) is 0 Å². The molecule has 3 aromatic carbocycles. The molecule has 0 spiro atoms. The smallest absolute Gasteiger partial charge is 0.394 e. The third-order valence-electron chi connectivity index (χ3n) is 4.37. The number of hydrogen-bond acceptors (Lipinski definition) is 5. The second-order valence-corrected chi connectivity index (χ2v) is 6.68. The van der Waals surface area contributed by atoms with Crippen molar-refractivity contribution in [3.63, 3.8) is 0 Å². The molecular weight excluding hydrogens is 386 g/mol. The number of carbonyl (C=O) groups excluding carboxylic acids is 2. The minimum Gasteiger partial charge on any atom is -0.508 e. The first-order valence-corrected chi connectivity index (χ1v) is 9.02. The highest BCUT2D eigenvalue weighted by Gasteiger charge is 2.19. The Morgan fingerprint density at radius 1 is 0.900 bits per heavy atom. The molecule has 7 nitrogen and oxygen atoms in total. The monoisotopic (exact) mass is 405 g/mol. The van der Waals surface area contributed by atoms with Crippen molar-refractivity contribution in [2.45, 2.75) is 13.8 Å². The predicted octanol–water partition coefficient (Wildman–Crippen LogP) is 4.06. The summed E-state index contributed by atoms with van der Waals surface area (Å²) in [7, 11) is 0. The van der Waals surface area contributed by atoms with Gasteiger partial charge in [0.15, 0.2) is 5.78 Å². The van der Waals surface area contributed by atoms with E-state index < -0.39 is 11.9 Å². The average molecular weight is 405 g/mol. The molecule has 3 rings (SSSR count). The van der Waals surface area contributed by atoms with Gasteiger partial charge in [-0.05, 0) is 55.3 Å². The van der Waals surface area contributed by atoms with Crippen LogP contribution in [0.5, 0.6) is 17.2 Å². The Balaban J connectivity index is 1.96. The van der Waals surface area contributed by atoms with E-state index in [1.54, 1.807) is 56.3 Å². The number of anilines is 1. The molecule has 0 aliphatic rings. The topological polar surface area (TPSA) is 113 Å². The van der Waals surface area contributed by atoms with Crippen molar-refractivity contribution in [3.8, 4) is 17.2 Å². The zero-order valence-electron chi connectivity index (χ0n) is 16.3. The average Bonchev–Trinajstić information content (AvgIpc) is 2.71. The van der Waals surface area contributed by atoms with E-state index in [4.69, 9.17) is 9.84 Å². The zero-order valence-corrected chi connectivity index (χ0v) is 16.3. The van der Waals surface area contributed by atoms with Gasteiger partial charge in [0.25, 0.3) is 0 Å². The zero-order chi connectivity index (χ0) is 21.8. The van der Waals surface area contributed by atoms with Crippen molar-refractivity contribution in [2.24, 2.45) is 0 Å². The van der Waals surface area contributed by atoms with Gasteiger partial charge in [0.1, 0.15) is 17.2 Å². The van der Waals surface area contributed by atoms with Crippen molar-refractivity contribution < 1.29 is 29.3 Å². The van der Waals surface area contributed by atoms with Crippen LogP contribution in [0.4, 0.5) is 5.69 Å². The van der Waals surface area contributed by atoms with Gasteiger partial charge in [-0.25, -0.2) is 4.79 Å². The molecule has 0 saturated heterocycles. The van der Waals surface area contributed by atoms with Crippen LogP contribution in [0.15, 0.2) is 60.7 Å². The second-order valence-electron chi connectivity index (χ2n) is 6.68. The van der Waals surface area contributed by atoms with Crippen LogP contribution in [0.25, 0.3) is 0 Å². The molecule has 0 heterocycles. The van der Waals surface area contributed by atoms with E-state index in [1.165, 1.54) is 18.2 Å². The quantitative estimate of drug-likeness (QED) is 0.436. The Kier molecular flexibility index (Phi) is 5.83. The molecule has 0 saturated carbocycles. The van der Waals surface area contributed by atoms with Gasteiger partial charge in [-0.3, -0.25) is 9.59 Å². The molecule has 0 unspecified atom stereocenters. The van der Waals surface area contributed by atoms with Crippen LogP contribution >= 0.6 is 0 Å². The molecular formula is C23H19NO6. The summed E-state index contributed by atoms with van der Waals surface area (Å²) in [6.45, 7) is 3.47. The van der Waals surface area contributed by atoms with Gasteiger partial charge in [-0.2, -0.15) is 0 Å². The first-order valence-electron chi connectivity index (χ1n) is 9.02. The largest absolute Gasteiger partial charge is 0.508 e. The first-order chi connectivity index (χ1) is 14.3. The maximum absolute atomic E-state index is 12.9. The molecule has 0 fully saturated rings. The number of carboxylic acid groups (broad SMARTS) is 1. The van der Waals surface area contributed by atoms with E-state index in [0.29, 0.717) is 28.1 Å². The number of phenolic OH excluding ortho intramolecular Hbond substituents is 1. The van der Waals surface area contributed by atoms with Crippen molar-refractivity contribution in [1.29, 1.82) is 0 Å². The Bertz CT molecular complexity index is 1110. The van der Waals surface area contributed by atoms with Crippen LogP contribution < -0.4 is 10.1 Å². The molecule has 0 atom stereocenters. The van der Waals surface area contributed by atoms with Crippen molar-refractivity contribution in [2.75, 3.05) is 5.32 Å². The summed E-state index contributed by atoms with van der Waals surface area (Å²) in [5.74, 6) is -2.38. The maximum Gasteiger partial charge on any atom is 0.394 e. The van der Waals surface area contributed by atoms with E-state index in [1.807, 2.05) is 0 Å². The Hall–Kier alpha value is -4.13. The number of hydrogen-bond donors (Lipinski definition) is 3. The van der Waals surface area contributed by atoms with E-state index >= 15 is 0 Å². The number of ketones is 1. The van der Waals surface area contributed by atoms with Crippen LogP contribution in [-0.2, 0) is 9.59 Å². The lowest BCUT2D eigenvalue weighted by Crippen LogP contribution is -2.21. The molecule has 1 amide bonds. The first kappa shape index (κ1) is 20.6. The number of amides is 1. The van der Waals surface area contributed by atoms with E-state index in [2.05, 4.69) is 5.32 Å². The van der Waals surface area contributed by atoms with Crippen molar-refractivity contribution >= 4 is 23.3 Å². The van der Waals surface area contributed by atoms with Crippen molar-refractivity contribution in [3.05, 3.63) is 82.9 Å². The molecule has 0 bridgehead atoms.